The fraction of sp³-hybridized carbons (Fsp3) is 0.394. The number of carbonyl (C=O) groups is 2. The lowest BCUT2D eigenvalue weighted by Gasteiger charge is -2.37. The molecule has 2 aliphatic heterocycles. The second-order valence-electron chi connectivity index (χ2n) is 11.0. The summed E-state index contributed by atoms with van der Waals surface area (Å²) in [5.41, 5.74) is 5.72. The number of hydrogen-bond acceptors (Lipinski definition) is 7. The molecule has 0 bridgehead atoms. The molecule has 4 atom stereocenters. The molecule has 0 saturated carbocycles. The molecule has 3 aromatic carbocycles. The third kappa shape index (κ3) is 8.02. The standard InChI is InChI=1S/C33H38N2O7/c36-21-22-4-6-25(7-5-22)30-17-29(20-35-15-14-28(37)19-35)41-33(42-30)26-10-8-24(9-11-26)27-3-1-2-23(16-27)18-34-31(38)12-13-32(39)40/h1-11,16,28-30,33,36-37H,12-15,17-21H2,(H,34,38)(H,39,40)/t28-,29+,30-,33-/m0/s1. The monoisotopic (exact) mass is 574 g/mol. The Hall–Kier alpha value is -3.60. The minimum atomic E-state index is -0.992. The van der Waals surface area contributed by atoms with Crippen LogP contribution >= 0.6 is 0 Å². The zero-order valence-electron chi connectivity index (χ0n) is 23.5. The van der Waals surface area contributed by atoms with Crippen LogP contribution in [0.1, 0.15) is 60.3 Å². The van der Waals surface area contributed by atoms with Crippen molar-refractivity contribution in [2.75, 3.05) is 19.6 Å². The third-order valence-corrected chi connectivity index (χ3v) is 7.82. The first kappa shape index (κ1) is 29.9. The van der Waals surface area contributed by atoms with Gasteiger partial charge in [0.15, 0.2) is 6.29 Å². The Bertz CT molecular complexity index is 1350. The number of aliphatic carboxylic acids is 1. The lowest BCUT2D eigenvalue weighted by atomic mass is 9.99. The Morgan fingerprint density at radius 3 is 2.36 bits per heavy atom. The molecule has 0 aliphatic carbocycles. The lowest BCUT2D eigenvalue weighted by Crippen LogP contribution is -2.38. The number of nitrogens with one attached hydrogen (secondary N) is 1. The number of likely N-dealkylation sites (tertiary alicyclic amines) is 1. The van der Waals surface area contributed by atoms with Crippen LogP contribution in [-0.2, 0) is 32.2 Å². The lowest BCUT2D eigenvalue weighted by molar-refractivity contribution is -0.252. The van der Waals surface area contributed by atoms with E-state index >= 15 is 0 Å². The van der Waals surface area contributed by atoms with Gasteiger partial charge >= 0.3 is 5.97 Å². The number of carbonyl (C=O) groups excluding carboxylic acids is 1. The molecular weight excluding hydrogens is 536 g/mol. The fourth-order valence-corrected chi connectivity index (χ4v) is 5.50. The molecular formula is C33H38N2O7. The molecule has 2 fully saturated rings. The molecule has 0 spiro atoms. The summed E-state index contributed by atoms with van der Waals surface area (Å²) >= 11 is 0. The first-order chi connectivity index (χ1) is 20.4. The zero-order chi connectivity index (χ0) is 29.5. The first-order valence-electron chi connectivity index (χ1n) is 14.4. The molecule has 42 heavy (non-hydrogen) atoms. The van der Waals surface area contributed by atoms with Crippen molar-refractivity contribution in [3.8, 4) is 11.1 Å². The Morgan fingerprint density at radius 1 is 0.905 bits per heavy atom. The van der Waals surface area contributed by atoms with Gasteiger partial charge in [-0.3, -0.25) is 14.5 Å². The number of benzene rings is 3. The average Bonchev–Trinajstić information content (AvgIpc) is 3.43. The molecule has 2 aliphatic rings. The molecule has 9 nitrogen and oxygen atoms in total. The number of hydrogen-bond donors (Lipinski definition) is 4. The van der Waals surface area contributed by atoms with Crippen LogP contribution in [0.2, 0.25) is 0 Å². The number of aliphatic hydroxyl groups excluding tert-OH is 2. The summed E-state index contributed by atoms with van der Waals surface area (Å²) in [6.45, 7) is 2.54. The van der Waals surface area contributed by atoms with Gasteiger partial charge in [0.1, 0.15) is 0 Å². The van der Waals surface area contributed by atoms with E-state index in [1.165, 1.54) is 0 Å². The number of carboxylic acid groups (broad SMARTS) is 1. The van der Waals surface area contributed by atoms with Crippen molar-refractivity contribution in [2.45, 2.75) is 63.4 Å². The van der Waals surface area contributed by atoms with Crippen LogP contribution in [0.25, 0.3) is 11.1 Å². The van der Waals surface area contributed by atoms with Gasteiger partial charge in [-0.15, -0.1) is 0 Å². The van der Waals surface area contributed by atoms with Crippen LogP contribution in [0.3, 0.4) is 0 Å². The van der Waals surface area contributed by atoms with Crippen molar-refractivity contribution in [3.05, 3.63) is 95.1 Å². The maximum atomic E-state index is 11.9. The number of carboxylic acids is 1. The van der Waals surface area contributed by atoms with Crippen molar-refractivity contribution in [3.63, 3.8) is 0 Å². The van der Waals surface area contributed by atoms with E-state index in [4.69, 9.17) is 14.6 Å². The first-order valence-corrected chi connectivity index (χ1v) is 14.4. The van der Waals surface area contributed by atoms with Crippen molar-refractivity contribution >= 4 is 11.9 Å². The molecule has 2 heterocycles. The number of aliphatic hydroxyl groups is 2. The van der Waals surface area contributed by atoms with Crippen LogP contribution in [0.5, 0.6) is 0 Å². The number of ether oxygens (including phenoxy) is 2. The van der Waals surface area contributed by atoms with Crippen LogP contribution in [0.15, 0.2) is 72.8 Å². The fourth-order valence-electron chi connectivity index (χ4n) is 5.50. The van der Waals surface area contributed by atoms with Crippen molar-refractivity contribution in [1.29, 1.82) is 0 Å². The van der Waals surface area contributed by atoms with Crippen LogP contribution in [0, 0.1) is 0 Å². The van der Waals surface area contributed by atoms with Crippen molar-refractivity contribution < 1.29 is 34.4 Å². The van der Waals surface area contributed by atoms with E-state index in [9.17, 15) is 19.8 Å². The summed E-state index contributed by atoms with van der Waals surface area (Å²) < 4.78 is 12.9. The molecule has 5 rings (SSSR count). The maximum Gasteiger partial charge on any atom is 0.303 e. The smallest absolute Gasteiger partial charge is 0.303 e. The number of rotatable bonds is 11. The molecule has 3 aromatic rings. The summed E-state index contributed by atoms with van der Waals surface area (Å²) in [5.74, 6) is -1.28. The van der Waals surface area contributed by atoms with Gasteiger partial charge in [-0.25, -0.2) is 0 Å². The molecule has 0 aromatic heterocycles. The van der Waals surface area contributed by atoms with E-state index in [0.717, 1.165) is 52.9 Å². The predicted octanol–water partition coefficient (Wildman–Crippen LogP) is 3.94. The van der Waals surface area contributed by atoms with Gasteiger partial charge < -0.3 is 30.1 Å². The highest BCUT2D eigenvalue weighted by atomic mass is 16.7. The predicted molar refractivity (Wildman–Crippen MR) is 156 cm³/mol. The SMILES string of the molecule is O=C(O)CCC(=O)NCc1cccc(-c2ccc([C@H]3O[C@@H](CN4CC[C@H](O)C4)C[C@@H](c4ccc(CO)cc4)O3)cc2)c1. The Balaban J connectivity index is 1.28. The molecule has 2 saturated heterocycles. The van der Waals surface area contributed by atoms with E-state index < -0.39 is 12.3 Å². The summed E-state index contributed by atoms with van der Waals surface area (Å²) in [6.07, 6.45) is 0.150. The van der Waals surface area contributed by atoms with E-state index in [-0.39, 0.29) is 43.7 Å². The average molecular weight is 575 g/mol. The number of β-amino-alcohol motifs (C(OH)–C–C–N with tert-alkyl or cyclic N) is 1. The van der Waals surface area contributed by atoms with E-state index in [1.807, 2.05) is 72.8 Å². The van der Waals surface area contributed by atoms with Crippen LogP contribution in [0.4, 0.5) is 0 Å². The highest BCUT2D eigenvalue weighted by Gasteiger charge is 2.34. The summed E-state index contributed by atoms with van der Waals surface area (Å²) in [7, 11) is 0. The van der Waals surface area contributed by atoms with Gasteiger partial charge in [0, 0.05) is 44.6 Å². The molecule has 222 valence electrons. The highest BCUT2D eigenvalue weighted by molar-refractivity contribution is 5.80. The topological polar surface area (TPSA) is 129 Å². The Kier molecular flexibility index (Phi) is 9.99. The van der Waals surface area contributed by atoms with Gasteiger partial charge in [-0.2, -0.15) is 0 Å². The normalized spacial score (nSPS) is 22.6. The van der Waals surface area contributed by atoms with E-state index in [0.29, 0.717) is 19.5 Å². The summed E-state index contributed by atoms with van der Waals surface area (Å²) in [5, 5.41) is 31.0. The molecule has 0 unspecified atom stereocenters. The quantitative estimate of drug-likeness (QED) is 0.271. The van der Waals surface area contributed by atoms with Gasteiger partial charge in [0.05, 0.1) is 31.3 Å². The second-order valence-corrected chi connectivity index (χ2v) is 11.0. The Labute approximate surface area is 245 Å². The zero-order valence-corrected chi connectivity index (χ0v) is 23.5. The number of amides is 1. The molecule has 4 N–H and O–H groups in total. The third-order valence-electron chi connectivity index (χ3n) is 7.82. The van der Waals surface area contributed by atoms with Gasteiger partial charge in [0.25, 0.3) is 0 Å². The Morgan fingerprint density at radius 2 is 1.67 bits per heavy atom. The van der Waals surface area contributed by atoms with Crippen LogP contribution < -0.4 is 5.32 Å². The molecule has 9 heteroatoms. The largest absolute Gasteiger partial charge is 0.481 e. The number of nitrogens with zero attached hydrogens (tertiary/aromatic N) is 1. The van der Waals surface area contributed by atoms with Gasteiger partial charge in [0.2, 0.25) is 5.91 Å². The van der Waals surface area contributed by atoms with Crippen molar-refractivity contribution in [1.82, 2.24) is 10.2 Å². The van der Waals surface area contributed by atoms with E-state index in [2.05, 4.69) is 10.2 Å². The maximum absolute atomic E-state index is 11.9. The van der Waals surface area contributed by atoms with Crippen molar-refractivity contribution in [2.24, 2.45) is 0 Å². The van der Waals surface area contributed by atoms with Crippen LogP contribution in [-0.4, -0.2) is 63.9 Å². The summed E-state index contributed by atoms with van der Waals surface area (Å²) in [4.78, 5) is 24.9. The van der Waals surface area contributed by atoms with Gasteiger partial charge in [-0.1, -0.05) is 66.7 Å². The summed E-state index contributed by atoms with van der Waals surface area (Å²) in [6, 6.07) is 23.8. The van der Waals surface area contributed by atoms with Gasteiger partial charge in [-0.05, 0) is 40.3 Å². The minimum absolute atomic E-state index is 0.00582. The van der Waals surface area contributed by atoms with E-state index in [1.54, 1.807) is 0 Å². The molecule has 1 amide bonds. The highest BCUT2D eigenvalue weighted by Crippen LogP contribution is 2.39. The molecule has 0 radical (unpaired) electrons. The minimum Gasteiger partial charge on any atom is -0.481 e. The second kappa shape index (κ2) is 14.0.